The Hall–Kier alpha value is -2.32. The highest BCUT2D eigenvalue weighted by Gasteiger charge is 2.33. The van der Waals surface area contributed by atoms with Crippen LogP contribution in [0.1, 0.15) is 27.4 Å². The molecule has 2 heterocycles. The van der Waals surface area contributed by atoms with Gasteiger partial charge in [0.25, 0.3) is 5.91 Å². The molecule has 0 saturated heterocycles. The van der Waals surface area contributed by atoms with Gasteiger partial charge in [-0.3, -0.25) is 14.6 Å². The molecule has 0 aliphatic carbocycles. The first-order chi connectivity index (χ1) is 9.27. The van der Waals surface area contributed by atoms with Crippen LogP contribution in [0, 0.1) is 6.92 Å². The first-order valence-electron chi connectivity index (χ1n) is 5.67. The van der Waals surface area contributed by atoms with E-state index in [2.05, 4.69) is 15.5 Å². The van der Waals surface area contributed by atoms with Crippen molar-refractivity contribution >= 4 is 5.91 Å². The van der Waals surface area contributed by atoms with Gasteiger partial charge in [-0.05, 0) is 6.92 Å². The number of H-pyrrole nitrogens is 1. The first kappa shape index (κ1) is 14.1. The molecule has 2 aromatic rings. The minimum absolute atomic E-state index is 0.173. The molecule has 0 bridgehead atoms. The SMILES string of the molecule is Cc1nn(C)cc1CNC(=O)c1cc(C(F)(F)F)[nH]n1. The van der Waals surface area contributed by atoms with Gasteiger partial charge >= 0.3 is 6.18 Å². The number of alkyl halides is 3. The largest absolute Gasteiger partial charge is 0.432 e. The van der Waals surface area contributed by atoms with E-state index < -0.39 is 17.8 Å². The van der Waals surface area contributed by atoms with Gasteiger partial charge in [0.05, 0.1) is 5.69 Å². The Balaban J connectivity index is 2.02. The lowest BCUT2D eigenvalue weighted by Crippen LogP contribution is -2.23. The van der Waals surface area contributed by atoms with Crippen LogP contribution in [0.3, 0.4) is 0 Å². The number of carbonyl (C=O) groups excluding carboxylic acids is 1. The third-order valence-corrected chi connectivity index (χ3v) is 2.67. The monoisotopic (exact) mass is 287 g/mol. The molecule has 0 saturated carbocycles. The Kier molecular flexibility index (Phi) is 3.51. The number of rotatable bonds is 3. The third kappa shape index (κ3) is 2.98. The van der Waals surface area contributed by atoms with Crippen LogP contribution in [0.5, 0.6) is 0 Å². The van der Waals surface area contributed by atoms with E-state index in [9.17, 15) is 18.0 Å². The lowest BCUT2D eigenvalue weighted by atomic mass is 10.2. The molecule has 2 N–H and O–H groups in total. The van der Waals surface area contributed by atoms with Crippen molar-refractivity contribution in [2.75, 3.05) is 0 Å². The molecule has 0 unspecified atom stereocenters. The van der Waals surface area contributed by atoms with Crippen molar-refractivity contribution in [2.24, 2.45) is 7.05 Å². The molecule has 2 aromatic heterocycles. The Morgan fingerprint density at radius 3 is 2.70 bits per heavy atom. The minimum Gasteiger partial charge on any atom is -0.346 e. The van der Waals surface area contributed by atoms with Gasteiger partial charge in [0.2, 0.25) is 0 Å². The Labute approximate surface area is 112 Å². The van der Waals surface area contributed by atoms with Gasteiger partial charge < -0.3 is 5.32 Å². The minimum atomic E-state index is -4.55. The van der Waals surface area contributed by atoms with Crippen molar-refractivity contribution in [3.8, 4) is 0 Å². The van der Waals surface area contributed by atoms with Gasteiger partial charge in [0.1, 0.15) is 5.69 Å². The van der Waals surface area contributed by atoms with Crippen molar-refractivity contribution in [1.29, 1.82) is 0 Å². The molecule has 9 heteroatoms. The number of hydrogen-bond acceptors (Lipinski definition) is 3. The highest BCUT2D eigenvalue weighted by atomic mass is 19.4. The molecule has 0 radical (unpaired) electrons. The second-order valence-electron chi connectivity index (χ2n) is 4.26. The van der Waals surface area contributed by atoms with E-state index in [4.69, 9.17) is 0 Å². The van der Waals surface area contributed by atoms with Crippen LogP contribution in [0.25, 0.3) is 0 Å². The van der Waals surface area contributed by atoms with Crippen molar-refractivity contribution in [2.45, 2.75) is 19.6 Å². The van der Waals surface area contributed by atoms with Crippen LogP contribution < -0.4 is 5.32 Å². The van der Waals surface area contributed by atoms with Crippen molar-refractivity contribution in [3.05, 3.63) is 34.9 Å². The van der Waals surface area contributed by atoms with Crippen LogP contribution in [0.15, 0.2) is 12.3 Å². The van der Waals surface area contributed by atoms with Gasteiger partial charge in [0, 0.05) is 31.4 Å². The Morgan fingerprint density at radius 1 is 1.50 bits per heavy atom. The number of nitrogens with zero attached hydrogens (tertiary/aromatic N) is 3. The first-order valence-corrected chi connectivity index (χ1v) is 5.67. The topological polar surface area (TPSA) is 75.6 Å². The summed E-state index contributed by atoms with van der Waals surface area (Å²) in [7, 11) is 1.74. The van der Waals surface area contributed by atoms with Crippen molar-refractivity contribution in [1.82, 2.24) is 25.3 Å². The second kappa shape index (κ2) is 4.99. The van der Waals surface area contributed by atoms with Crippen molar-refractivity contribution in [3.63, 3.8) is 0 Å². The van der Waals surface area contributed by atoms with E-state index in [0.717, 1.165) is 11.3 Å². The molecule has 0 fully saturated rings. The van der Waals surface area contributed by atoms with E-state index >= 15 is 0 Å². The average Bonchev–Trinajstić information content (AvgIpc) is 2.92. The molecular formula is C11H12F3N5O. The predicted molar refractivity (Wildman–Crippen MR) is 62.7 cm³/mol. The third-order valence-electron chi connectivity index (χ3n) is 2.67. The smallest absolute Gasteiger partial charge is 0.346 e. The number of halogens is 3. The Morgan fingerprint density at radius 2 is 2.20 bits per heavy atom. The van der Waals surface area contributed by atoms with E-state index in [-0.39, 0.29) is 12.2 Å². The molecule has 0 aromatic carbocycles. The number of aromatic amines is 1. The van der Waals surface area contributed by atoms with Crippen molar-refractivity contribution < 1.29 is 18.0 Å². The zero-order chi connectivity index (χ0) is 14.9. The maximum atomic E-state index is 12.4. The highest BCUT2D eigenvalue weighted by Crippen LogP contribution is 2.27. The molecular weight excluding hydrogens is 275 g/mol. The fraction of sp³-hybridized carbons (Fsp3) is 0.364. The molecule has 1 amide bonds. The summed E-state index contributed by atoms with van der Waals surface area (Å²) in [6, 6.07) is 0.672. The van der Waals surface area contributed by atoms with Crippen LogP contribution in [0.2, 0.25) is 0 Å². The molecule has 6 nitrogen and oxygen atoms in total. The number of aryl methyl sites for hydroxylation is 2. The normalized spacial score (nSPS) is 11.7. The van der Waals surface area contributed by atoms with E-state index in [0.29, 0.717) is 6.07 Å². The summed E-state index contributed by atoms with van der Waals surface area (Å²) in [4.78, 5) is 11.7. The highest BCUT2D eigenvalue weighted by molar-refractivity contribution is 5.92. The summed E-state index contributed by atoms with van der Waals surface area (Å²) in [5.41, 5.74) is 0.164. The maximum Gasteiger partial charge on any atom is 0.432 e. The number of hydrogen-bond donors (Lipinski definition) is 2. The zero-order valence-electron chi connectivity index (χ0n) is 10.7. The van der Waals surface area contributed by atoms with E-state index in [1.807, 2.05) is 0 Å². The molecule has 0 atom stereocenters. The molecule has 0 aliphatic heterocycles. The predicted octanol–water partition coefficient (Wildman–Crippen LogP) is 1.40. The summed E-state index contributed by atoms with van der Waals surface area (Å²) in [6.45, 7) is 1.95. The van der Waals surface area contributed by atoms with Gasteiger partial charge in [-0.2, -0.15) is 23.4 Å². The number of nitrogens with one attached hydrogen (secondary N) is 2. The van der Waals surface area contributed by atoms with E-state index in [1.165, 1.54) is 0 Å². The summed E-state index contributed by atoms with van der Waals surface area (Å²) in [5.74, 6) is -0.681. The standard InChI is InChI=1S/C11H12F3N5O/c1-6-7(5-19(2)18-6)4-15-10(20)8-3-9(17-16-8)11(12,13)14/h3,5H,4H2,1-2H3,(H,15,20)(H,16,17). The maximum absolute atomic E-state index is 12.4. The fourth-order valence-corrected chi connectivity index (χ4v) is 1.67. The van der Waals surface area contributed by atoms with Gasteiger partial charge in [-0.1, -0.05) is 0 Å². The van der Waals surface area contributed by atoms with Crippen LogP contribution in [-0.4, -0.2) is 25.9 Å². The fourth-order valence-electron chi connectivity index (χ4n) is 1.67. The summed E-state index contributed by atoms with van der Waals surface area (Å²) >= 11 is 0. The summed E-state index contributed by atoms with van der Waals surface area (Å²) in [5, 5.41) is 11.7. The quantitative estimate of drug-likeness (QED) is 0.896. The van der Waals surface area contributed by atoms with Gasteiger partial charge in [0.15, 0.2) is 5.69 Å². The lowest BCUT2D eigenvalue weighted by molar-refractivity contribution is -0.141. The number of amides is 1. The van der Waals surface area contributed by atoms with Crippen LogP contribution in [-0.2, 0) is 19.8 Å². The van der Waals surface area contributed by atoms with E-state index in [1.54, 1.807) is 29.9 Å². The van der Waals surface area contributed by atoms with Crippen LogP contribution in [0.4, 0.5) is 13.2 Å². The summed E-state index contributed by atoms with van der Waals surface area (Å²) in [6.07, 6.45) is -2.83. The molecule has 20 heavy (non-hydrogen) atoms. The van der Waals surface area contributed by atoms with Gasteiger partial charge in [-0.15, -0.1) is 0 Å². The molecule has 2 rings (SSSR count). The molecule has 108 valence electrons. The zero-order valence-corrected chi connectivity index (χ0v) is 10.7. The Bertz CT molecular complexity index is 628. The molecule has 0 spiro atoms. The number of aromatic nitrogens is 4. The van der Waals surface area contributed by atoms with Gasteiger partial charge in [-0.25, -0.2) is 0 Å². The second-order valence-corrected chi connectivity index (χ2v) is 4.26. The summed E-state index contributed by atoms with van der Waals surface area (Å²) < 4.78 is 38.7. The molecule has 0 aliphatic rings. The van der Waals surface area contributed by atoms with Crippen LogP contribution >= 0.6 is 0 Å². The number of carbonyl (C=O) groups is 1. The average molecular weight is 287 g/mol. The lowest BCUT2D eigenvalue weighted by Gasteiger charge is -2.01.